The maximum atomic E-state index is 13.7. The molecule has 0 saturated carbocycles. The van der Waals surface area contributed by atoms with Crippen molar-refractivity contribution in [2.75, 3.05) is 13.1 Å². The highest BCUT2D eigenvalue weighted by Crippen LogP contribution is 2.13. The van der Waals surface area contributed by atoms with Crippen LogP contribution in [-0.2, 0) is 17.9 Å². The highest BCUT2D eigenvalue weighted by atomic mass is 19.1. The van der Waals surface area contributed by atoms with E-state index in [1.807, 2.05) is 4.90 Å². The molecule has 1 aliphatic rings. The summed E-state index contributed by atoms with van der Waals surface area (Å²) in [6.07, 6.45) is 3.60. The molecule has 1 aromatic heterocycles. The van der Waals surface area contributed by atoms with Gasteiger partial charge in [-0.2, -0.15) is 0 Å². The molecule has 0 bridgehead atoms. The molecule has 25 heavy (non-hydrogen) atoms. The number of hydrogen-bond donors (Lipinski definition) is 0. The molecule has 3 rings (SSSR count). The van der Waals surface area contributed by atoms with Gasteiger partial charge in [-0.3, -0.25) is 9.59 Å². The van der Waals surface area contributed by atoms with Crippen molar-refractivity contribution in [2.45, 2.75) is 32.9 Å². The van der Waals surface area contributed by atoms with Crippen molar-refractivity contribution in [3.8, 4) is 5.75 Å². The average molecular weight is 344 g/mol. The van der Waals surface area contributed by atoms with E-state index in [1.54, 1.807) is 29.7 Å². The Morgan fingerprint density at radius 2 is 1.96 bits per heavy atom. The van der Waals surface area contributed by atoms with Gasteiger partial charge in [0.15, 0.2) is 5.75 Å². The van der Waals surface area contributed by atoms with Crippen LogP contribution in [0, 0.1) is 12.7 Å². The fraction of sp³-hybridized carbons (Fsp3) is 0.368. The van der Waals surface area contributed by atoms with Gasteiger partial charge < -0.3 is 14.2 Å². The SMILES string of the molecule is Cc1cc(=O)c(OCc2ccccc2F)cn1CC(=O)N1CCCC1. The van der Waals surface area contributed by atoms with Crippen LogP contribution in [0.4, 0.5) is 4.39 Å². The predicted octanol–water partition coefficient (Wildman–Crippen LogP) is 2.50. The molecule has 5 nitrogen and oxygen atoms in total. The van der Waals surface area contributed by atoms with Gasteiger partial charge in [-0.15, -0.1) is 0 Å². The number of likely N-dealkylation sites (tertiary alicyclic amines) is 1. The van der Waals surface area contributed by atoms with E-state index in [-0.39, 0.29) is 36.1 Å². The van der Waals surface area contributed by atoms with E-state index in [0.29, 0.717) is 11.3 Å². The number of benzene rings is 1. The highest BCUT2D eigenvalue weighted by Gasteiger charge is 2.18. The number of pyridine rings is 1. The summed E-state index contributed by atoms with van der Waals surface area (Å²) in [6.45, 7) is 3.48. The Hall–Kier alpha value is -2.63. The summed E-state index contributed by atoms with van der Waals surface area (Å²) in [7, 11) is 0. The summed E-state index contributed by atoms with van der Waals surface area (Å²) in [4.78, 5) is 26.3. The first kappa shape index (κ1) is 17.2. The molecule has 2 heterocycles. The zero-order chi connectivity index (χ0) is 17.8. The molecule has 1 saturated heterocycles. The second-order valence-corrected chi connectivity index (χ2v) is 6.24. The maximum absolute atomic E-state index is 13.7. The smallest absolute Gasteiger partial charge is 0.242 e. The Morgan fingerprint density at radius 3 is 2.68 bits per heavy atom. The number of nitrogens with zero attached hydrogens (tertiary/aromatic N) is 2. The zero-order valence-corrected chi connectivity index (χ0v) is 14.2. The fourth-order valence-electron chi connectivity index (χ4n) is 2.91. The first-order valence-electron chi connectivity index (χ1n) is 8.39. The molecule has 0 atom stereocenters. The molecule has 6 heteroatoms. The molecule has 0 unspecified atom stereocenters. The largest absolute Gasteiger partial charge is 0.483 e. The van der Waals surface area contributed by atoms with Crippen molar-refractivity contribution in [1.82, 2.24) is 9.47 Å². The lowest BCUT2D eigenvalue weighted by Gasteiger charge is -2.18. The van der Waals surface area contributed by atoms with E-state index >= 15 is 0 Å². The molecule has 0 N–H and O–H groups in total. The van der Waals surface area contributed by atoms with Crippen LogP contribution in [0.1, 0.15) is 24.1 Å². The second kappa shape index (κ2) is 7.51. The Bertz CT molecular complexity index is 826. The summed E-state index contributed by atoms with van der Waals surface area (Å²) in [6, 6.07) is 7.71. The molecule has 0 radical (unpaired) electrons. The van der Waals surface area contributed by atoms with Gasteiger partial charge >= 0.3 is 0 Å². The average Bonchev–Trinajstić information content (AvgIpc) is 3.12. The van der Waals surface area contributed by atoms with Gasteiger partial charge in [-0.25, -0.2) is 4.39 Å². The third kappa shape index (κ3) is 4.07. The molecule has 1 aliphatic heterocycles. The van der Waals surface area contributed by atoms with Crippen LogP contribution in [-0.4, -0.2) is 28.5 Å². The summed E-state index contributed by atoms with van der Waals surface area (Å²) in [5.74, 6) is -0.230. The normalized spacial score (nSPS) is 13.9. The third-order valence-corrected chi connectivity index (χ3v) is 4.41. The standard InChI is InChI=1S/C19H21FN2O3/c1-14-10-17(23)18(25-13-15-6-2-3-7-16(15)20)11-22(14)12-19(24)21-8-4-5-9-21/h2-3,6-7,10-11H,4-5,8-9,12-13H2,1H3. The Balaban J connectivity index is 1.74. The number of carbonyl (C=O) groups excluding carboxylic acids is 1. The van der Waals surface area contributed by atoms with Crippen molar-refractivity contribution in [1.29, 1.82) is 0 Å². The second-order valence-electron chi connectivity index (χ2n) is 6.24. The Morgan fingerprint density at radius 1 is 1.24 bits per heavy atom. The lowest BCUT2D eigenvalue weighted by atomic mass is 10.2. The van der Waals surface area contributed by atoms with Gasteiger partial charge in [-0.05, 0) is 25.8 Å². The number of halogens is 1. The van der Waals surface area contributed by atoms with Crippen LogP contribution in [0.2, 0.25) is 0 Å². The molecule has 0 spiro atoms. The van der Waals surface area contributed by atoms with Crippen molar-refractivity contribution in [3.05, 3.63) is 63.8 Å². The van der Waals surface area contributed by atoms with Crippen LogP contribution in [0.15, 0.2) is 41.3 Å². The van der Waals surface area contributed by atoms with E-state index in [9.17, 15) is 14.0 Å². The molecule has 0 aliphatic carbocycles. The van der Waals surface area contributed by atoms with E-state index in [0.717, 1.165) is 25.9 Å². The topological polar surface area (TPSA) is 51.5 Å². The van der Waals surface area contributed by atoms with Gasteiger partial charge in [-0.1, -0.05) is 18.2 Å². The maximum Gasteiger partial charge on any atom is 0.242 e. The van der Waals surface area contributed by atoms with Crippen LogP contribution in [0.25, 0.3) is 0 Å². The van der Waals surface area contributed by atoms with Gasteiger partial charge in [0, 0.05) is 30.4 Å². The number of hydrogen-bond acceptors (Lipinski definition) is 3. The van der Waals surface area contributed by atoms with E-state index < -0.39 is 0 Å². The minimum absolute atomic E-state index is 0.0318. The molecular weight excluding hydrogens is 323 g/mol. The van der Waals surface area contributed by atoms with Crippen LogP contribution in [0.3, 0.4) is 0 Å². The van der Waals surface area contributed by atoms with Gasteiger partial charge in [0.25, 0.3) is 0 Å². The number of carbonyl (C=O) groups is 1. The van der Waals surface area contributed by atoms with Gasteiger partial charge in [0.05, 0.1) is 6.20 Å². The monoisotopic (exact) mass is 344 g/mol. The molecular formula is C19H21FN2O3. The molecule has 1 aromatic carbocycles. The fourth-order valence-corrected chi connectivity index (χ4v) is 2.91. The zero-order valence-electron chi connectivity index (χ0n) is 14.2. The minimum Gasteiger partial charge on any atom is -0.483 e. The number of aromatic nitrogens is 1. The Labute approximate surface area is 145 Å². The lowest BCUT2D eigenvalue weighted by Crippen LogP contribution is -2.31. The van der Waals surface area contributed by atoms with Gasteiger partial charge in [0.1, 0.15) is 19.0 Å². The first-order valence-corrected chi connectivity index (χ1v) is 8.39. The van der Waals surface area contributed by atoms with Crippen molar-refractivity contribution in [3.63, 3.8) is 0 Å². The van der Waals surface area contributed by atoms with Crippen LogP contribution in [0.5, 0.6) is 5.75 Å². The number of ether oxygens (including phenoxy) is 1. The predicted molar refractivity (Wildman–Crippen MR) is 92.0 cm³/mol. The highest BCUT2D eigenvalue weighted by molar-refractivity contribution is 5.76. The molecule has 1 amide bonds. The quantitative estimate of drug-likeness (QED) is 0.837. The van der Waals surface area contributed by atoms with Crippen molar-refractivity contribution in [2.24, 2.45) is 0 Å². The minimum atomic E-state index is -0.376. The van der Waals surface area contributed by atoms with Crippen LogP contribution >= 0.6 is 0 Å². The van der Waals surface area contributed by atoms with Crippen molar-refractivity contribution >= 4 is 5.91 Å². The summed E-state index contributed by atoms with van der Waals surface area (Å²) in [5, 5.41) is 0. The van der Waals surface area contributed by atoms with E-state index in [2.05, 4.69) is 0 Å². The summed E-state index contributed by atoms with van der Waals surface area (Å²) in [5.41, 5.74) is 0.789. The number of amides is 1. The van der Waals surface area contributed by atoms with Gasteiger partial charge in [0.2, 0.25) is 11.3 Å². The Kier molecular flexibility index (Phi) is 5.16. The van der Waals surface area contributed by atoms with Crippen molar-refractivity contribution < 1.29 is 13.9 Å². The number of aryl methyl sites for hydroxylation is 1. The lowest BCUT2D eigenvalue weighted by molar-refractivity contribution is -0.130. The molecule has 2 aromatic rings. The molecule has 1 fully saturated rings. The van der Waals surface area contributed by atoms with Crippen LogP contribution < -0.4 is 10.2 Å². The summed E-state index contributed by atoms with van der Waals surface area (Å²) >= 11 is 0. The molecule has 132 valence electrons. The number of rotatable bonds is 5. The summed E-state index contributed by atoms with van der Waals surface area (Å²) < 4.78 is 20.9. The van der Waals surface area contributed by atoms with E-state index in [4.69, 9.17) is 4.74 Å². The van der Waals surface area contributed by atoms with E-state index in [1.165, 1.54) is 18.3 Å². The first-order chi connectivity index (χ1) is 12.0. The third-order valence-electron chi connectivity index (χ3n) is 4.41.